The van der Waals surface area contributed by atoms with Crippen LogP contribution >= 0.6 is 0 Å². The maximum atomic E-state index is 3.17. The molecule has 0 spiro atoms. The molecule has 0 amide bonds. The van der Waals surface area contributed by atoms with Gasteiger partial charge in [-0.05, 0) is 38.2 Å². The second kappa shape index (κ2) is 4.32. The highest BCUT2D eigenvalue weighted by atomic mass is 15.0. The summed E-state index contributed by atoms with van der Waals surface area (Å²) in [6.07, 6.45) is 2.09. The van der Waals surface area contributed by atoms with Crippen LogP contribution in [0.15, 0.2) is 42.6 Å². The van der Waals surface area contributed by atoms with E-state index in [1.54, 1.807) is 0 Å². The Bertz CT molecular complexity index is 426. The van der Waals surface area contributed by atoms with Gasteiger partial charge in [0.25, 0.3) is 0 Å². The topological polar surface area (TPSA) is 17.0 Å². The zero-order valence-corrected chi connectivity index (χ0v) is 9.20. The third-order valence-electron chi connectivity index (χ3n) is 2.50. The molecule has 0 fully saturated rings. The van der Waals surface area contributed by atoms with Crippen molar-refractivity contribution in [3.63, 3.8) is 0 Å². The molecule has 1 N–H and O–H groups in total. The molecule has 0 radical (unpaired) electrons. The van der Waals surface area contributed by atoms with E-state index in [1.807, 2.05) is 7.05 Å². The first-order valence-corrected chi connectivity index (χ1v) is 5.19. The second-order valence-electron chi connectivity index (χ2n) is 3.74. The maximum Gasteiger partial charge on any atom is 0.0453 e. The minimum Gasteiger partial charge on any atom is -0.320 e. The van der Waals surface area contributed by atoms with Crippen LogP contribution in [0.3, 0.4) is 0 Å². The number of aromatic nitrogens is 1. The largest absolute Gasteiger partial charge is 0.320 e. The van der Waals surface area contributed by atoms with Gasteiger partial charge in [-0.25, -0.2) is 0 Å². The Kier molecular flexibility index (Phi) is 2.88. The lowest BCUT2D eigenvalue weighted by molar-refractivity contribution is 0.768. The summed E-state index contributed by atoms with van der Waals surface area (Å²) in [6.45, 7) is 2.99. The summed E-state index contributed by atoms with van der Waals surface area (Å²) in [7, 11) is 1.96. The lowest BCUT2D eigenvalue weighted by Gasteiger charge is -2.09. The third-order valence-corrected chi connectivity index (χ3v) is 2.50. The molecular weight excluding hydrogens is 184 g/mol. The summed E-state index contributed by atoms with van der Waals surface area (Å²) >= 11 is 0. The monoisotopic (exact) mass is 200 g/mol. The van der Waals surface area contributed by atoms with Crippen LogP contribution in [-0.2, 0) is 6.54 Å². The number of rotatable bonds is 3. The smallest absolute Gasteiger partial charge is 0.0453 e. The molecule has 2 aromatic rings. The van der Waals surface area contributed by atoms with Crippen molar-refractivity contribution in [2.45, 2.75) is 13.5 Å². The van der Waals surface area contributed by atoms with Crippen LogP contribution < -0.4 is 5.32 Å². The van der Waals surface area contributed by atoms with Crippen LogP contribution in [0.5, 0.6) is 0 Å². The Morgan fingerprint density at radius 3 is 2.53 bits per heavy atom. The molecule has 2 rings (SSSR count). The molecule has 15 heavy (non-hydrogen) atoms. The highest BCUT2D eigenvalue weighted by Crippen LogP contribution is 2.13. The van der Waals surface area contributed by atoms with E-state index in [9.17, 15) is 0 Å². The molecule has 1 heterocycles. The molecule has 78 valence electrons. The summed E-state index contributed by atoms with van der Waals surface area (Å²) in [5, 5.41) is 3.17. The molecule has 0 saturated heterocycles. The summed E-state index contributed by atoms with van der Waals surface area (Å²) in [5.74, 6) is 0. The minimum absolute atomic E-state index is 0.890. The molecular formula is C13H16N2. The minimum atomic E-state index is 0.890. The standard InChI is InChI=1S/C13H16N2/c1-11-5-7-12(8-6-11)15-9-3-4-13(15)10-14-2/h3-9,14H,10H2,1-2H3. The number of aryl methyl sites for hydroxylation is 1. The number of hydrogen-bond acceptors (Lipinski definition) is 1. The third kappa shape index (κ3) is 2.10. The summed E-state index contributed by atoms with van der Waals surface area (Å²) < 4.78 is 2.20. The van der Waals surface area contributed by atoms with Crippen LogP contribution in [0.4, 0.5) is 0 Å². The van der Waals surface area contributed by atoms with Gasteiger partial charge in [0.2, 0.25) is 0 Å². The van der Waals surface area contributed by atoms with Gasteiger partial charge in [0.1, 0.15) is 0 Å². The molecule has 1 aromatic carbocycles. The van der Waals surface area contributed by atoms with Gasteiger partial charge in [-0.1, -0.05) is 17.7 Å². The van der Waals surface area contributed by atoms with Gasteiger partial charge in [-0.2, -0.15) is 0 Å². The summed E-state index contributed by atoms with van der Waals surface area (Å²) in [6, 6.07) is 12.8. The summed E-state index contributed by atoms with van der Waals surface area (Å²) in [4.78, 5) is 0. The second-order valence-corrected chi connectivity index (χ2v) is 3.74. The van der Waals surface area contributed by atoms with E-state index < -0.39 is 0 Å². The Morgan fingerprint density at radius 1 is 1.13 bits per heavy atom. The van der Waals surface area contributed by atoms with Crippen LogP contribution in [0, 0.1) is 6.92 Å². The Hall–Kier alpha value is -1.54. The number of hydrogen-bond donors (Lipinski definition) is 1. The molecule has 2 nitrogen and oxygen atoms in total. The molecule has 0 aliphatic carbocycles. The average molecular weight is 200 g/mol. The fourth-order valence-corrected chi connectivity index (χ4v) is 1.70. The number of nitrogens with one attached hydrogen (secondary N) is 1. The van der Waals surface area contributed by atoms with Crippen molar-refractivity contribution < 1.29 is 0 Å². The Labute approximate surface area is 90.6 Å². The lowest BCUT2D eigenvalue weighted by atomic mass is 10.2. The van der Waals surface area contributed by atoms with Gasteiger partial charge in [-0.15, -0.1) is 0 Å². The Morgan fingerprint density at radius 2 is 1.87 bits per heavy atom. The molecule has 0 saturated carbocycles. The van der Waals surface area contributed by atoms with Gasteiger partial charge in [0.15, 0.2) is 0 Å². The van der Waals surface area contributed by atoms with E-state index in [2.05, 4.69) is 59.4 Å². The number of nitrogens with zero attached hydrogens (tertiary/aromatic N) is 1. The van der Waals surface area contributed by atoms with Crippen molar-refractivity contribution in [3.05, 3.63) is 53.9 Å². The molecule has 0 bridgehead atoms. The quantitative estimate of drug-likeness (QED) is 0.805. The average Bonchev–Trinajstić information content (AvgIpc) is 2.68. The van der Waals surface area contributed by atoms with Crippen LogP contribution in [0.1, 0.15) is 11.3 Å². The van der Waals surface area contributed by atoms with Gasteiger partial charge in [0, 0.05) is 24.1 Å². The van der Waals surface area contributed by atoms with Crippen molar-refractivity contribution in [3.8, 4) is 5.69 Å². The Balaban J connectivity index is 2.36. The van der Waals surface area contributed by atoms with Crippen LogP contribution in [0.25, 0.3) is 5.69 Å². The van der Waals surface area contributed by atoms with Gasteiger partial charge in [-0.3, -0.25) is 0 Å². The molecule has 0 atom stereocenters. The van der Waals surface area contributed by atoms with Crippen molar-refractivity contribution in [2.75, 3.05) is 7.05 Å². The first kappa shape index (κ1) is 9.99. The van der Waals surface area contributed by atoms with Crippen LogP contribution in [0.2, 0.25) is 0 Å². The van der Waals surface area contributed by atoms with Crippen molar-refractivity contribution >= 4 is 0 Å². The molecule has 0 aliphatic rings. The van der Waals surface area contributed by atoms with Gasteiger partial charge in [0.05, 0.1) is 0 Å². The van der Waals surface area contributed by atoms with Crippen molar-refractivity contribution in [1.29, 1.82) is 0 Å². The van der Waals surface area contributed by atoms with E-state index in [0.29, 0.717) is 0 Å². The van der Waals surface area contributed by atoms with E-state index in [0.717, 1.165) is 6.54 Å². The fraction of sp³-hybridized carbons (Fsp3) is 0.231. The normalized spacial score (nSPS) is 10.5. The first-order valence-electron chi connectivity index (χ1n) is 5.19. The van der Waals surface area contributed by atoms with E-state index >= 15 is 0 Å². The zero-order valence-electron chi connectivity index (χ0n) is 9.20. The molecule has 0 unspecified atom stereocenters. The lowest BCUT2D eigenvalue weighted by Crippen LogP contribution is -2.09. The first-order chi connectivity index (χ1) is 7.31. The highest BCUT2D eigenvalue weighted by Gasteiger charge is 2.01. The van der Waals surface area contributed by atoms with E-state index in [1.165, 1.54) is 16.9 Å². The zero-order chi connectivity index (χ0) is 10.7. The molecule has 1 aromatic heterocycles. The van der Waals surface area contributed by atoms with E-state index in [4.69, 9.17) is 0 Å². The number of benzene rings is 1. The SMILES string of the molecule is CNCc1cccn1-c1ccc(C)cc1. The maximum absolute atomic E-state index is 3.17. The predicted octanol–water partition coefficient (Wildman–Crippen LogP) is 2.51. The fourth-order valence-electron chi connectivity index (χ4n) is 1.70. The van der Waals surface area contributed by atoms with Gasteiger partial charge < -0.3 is 9.88 Å². The van der Waals surface area contributed by atoms with E-state index in [-0.39, 0.29) is 0 Å². The van der Waals surface area contributed by atoms with Gasteiger partial charge >= 0.3 is 0 Å². The predicted molar refractivity (Wildman–Crippen MR) is 63.3 cm³/mol. The van der Waals surface area contributed by atoms with Crippen molar-refractivity contribution in [2.24, 2.45) is 0 Å². The molecule has 2 heteroatoms. The highest BCUT2D eigenvalue weighted by molar-refractivity contribution is 5.37. The summed E-state index contributed by atoms with van der Waals surface area (Å²) in [5.41, 5.74) is 3.79. The van der Waals surface area contributed by atoms with Crippen LogP contribution in [-0.4, -0.2) is 11.6 Å². The molecule has 0 aliphatic heterocycles. The van der Waals surface area contributed by atoms with Crippen molar-refractivity contribution in [1.82, 2.24) is 9.88 Å².